The molecule has 0 bridgehead atoms. The van der Waals surface area contributed by atoms with Gasteiger partial charge >= 0.3 is 0 Å². The van der Waals surface area contributed by atoms with E-state index in [1.54, 1.807) is 22.5 Å². The Labute approximate surface area is 138 Å². The summed E-state index contributed by atoms with van der Waals surface area (Å²) in [5, 5.41) is 0. The molecule has 0 aliphatic carbocycles. The standard InChI is InChI=1S/C19H21NO2S/c1-3-7-17-14-19(16-8-5-4-6-9-16)20(17)23(21,22)18-12-10-15(2)11-13-18/h3-6,8-13,17,19H,1,7,14H2,2H3/t17-,19+/m1/s1. The summed E-state index contributed by atoms with van der Waals surface area (Å²) >= 11 is 0. The van der Waals surface area contributed by atoms with Crippen molar-refractivity contribution in [3.63, 3.8) is 0 Å². The van der Waals surface area contributed by atoms with Crippen LogP contribution in [0.3, 0.4) is 0 Å². The second kappa shape index (κ2) is 6.30. The van der Waals surface area contributed by atoms with Crippen LogP contribution in [0.2, 0.25) is 0 Å². The maximum absolute atomic E-state index is 13.1. The summed E-state index contributed by atoms with van der Waals surface area (Å²) in [6.07, 6.45) is 3.30. The van der Waals surface area contributed by atoms with Gasteiger partial charge in [-0.1, -0.05) is 54.1 Å². The predicted octanol–water partition coefficient (Wildman–Crippen LogP) is 4.08. The van der Waals surface area contributed by atoms with Crippen molar-refractivity contribution in [2.45, 2.75) is 36.7 Å². The zero-order valence-corrected chi connectivity index (χ0v) is 14.0. The second-order valence-electron chi connectivity index (χ2n) is 5.99. The van der Waals surface area contributed by atoms with E-state index in [1.807, 2.05) is 49.4 Å². The van der Waals surface area contributed by atoms with E-state index in [2.05, 4.69) is 6.58 Å². The van der Waals surface area contributed by atoms with Crippen LogP contribution in [0.4, 0.5) is 0 Å². The molecule has 0 aromatic heterocycles. The number of sulfonamides is 1. The van der Waals surface area contributed by atoms with Crippen molar-refractivity contribution in [3.8, 4) is 0 Å². The first-order valence-corrected chi connectivity index (χ1v) is 9.24. The Kier molecular flexibility index (Phi) is 4.37. The molecule has 1 heterocycles. The van der Waals surface area contributed by atoms with Crippen LogP contribution in [0.15, 0.2) is 72.1 Å². The molecule has 0 unspecified atom stereocenters. The monoisotopic (exact) mass is 327 g/mol. The highest BCUT2D eigenvalue weighted by atomic mass is 32.2. The second-order valence-corrected chi connectivity index (χ2v) is 7.83. The molecule has 2 aromatic rings. The first-order valence-electron chi connectivity index (χ1n) is 7.80. The Morgan fingerprint density at radius 3 is 2.39 bits per heavy atom. The third-order valence-electron chi connectivity index (χ3n) is 4.38. The van der Waals surface area contributed by atoms with Crippen molar-refractivity contribution in [1.29, 1.82) is 0 Å². The van der Waals surface area contributed by atoms with Crippen LogP contribution < -0.4 is 0 Å². The third kappa shape index (κ3) is 2.96. The molecule has 0 spiro atoms. The maximum Gasteiger partial charge on any atom is 0.243 e. The molecule has 2 aromatic carbocycles. The van der Waals surface area contributed by atoms with Crippen molar-refractivity contribution in [1.82, 2.24) is 4.31 Å². The van der Waals surface area contributed by atoms with Crippen LogP contribution in [0, 0.1) is 6.92 Å². The third-order valence-corrected chi connectivity index (χ3v) is 6.36. The van der Waals surface area contributed by atoms with E-state index in [9.17, 15) is 8.42 Å². The summed E-state index contributed by atoms with van der Waals surface area (Å²) in [4.78, 5) is 0.359. The molecule has 0 radical (unpaired) electrons. The molecule has 1 aliphatic heterocycles. The minimum Gasteiger partial charge on any atom is -0.207 e. The van der Waals surface area contributed by atoms with Crippen molar-refractivity contribution in [2.75, 3.05) is 0 Å². The van der Waals surface area contributed by atoms with Crippen LogP contribution in [0.5, 0.6) is 0 Å². The van der Waals surface area contributed by atoms with Gasteiger partial charge in [0.25, 0.3) is 0 Å². The highest BCUT2D eigenvalue weighted by Gasteiger charge is 2.46. The molecule has 3 nitrogen and oxygen atoms in total. The SMILES string of the molecule is C=CC[C@@H]1C[C@@H](c2ccccc2)N1S(=O)(=O)c1ccc(C)cc1. The zero-order chi connectivity index (χ0) is 16.4. The van der Waals surface area contributed by atoms with Crippen molar-refractivity contribution in [2.24, 2.45) is 0 Å². The molecule has 120 valence electrons. The van der Waals surface area contributed by atoms with Gasteiger partial charge in [-0.3, -0.25) is 0 Å². The molecule has 1 aliphatic rings. The summed E-state index contributed by atoms with van der Waals surface area (Å²) in [7, 11) is -3.50. The van der Waals surface area contributed by atoms with Gasteiger partial charge in [0.15, 0.2) is 0 Å². The number of hydrogen-bond donors (Lipinski definition) is 0. The van der Waals surface area contributed by atoms with Gasteiger partial charge in [-0.15, -0.1) is 6.58 Å². The smallest absolute Gasteiger partial charge is 0.207 e. The largest absolute Gasteiger partial charge is 0.243 e. The van der Waals surface area contributed by atoms with Crippen molar-refractivity contribution >= 4 is 10.0 Å². The molecule has 2 atom stereocenters. The van der Waals surface area contributed by atoms with E-state index in [4.69, 9.17) is 0 Å². The van der Waals surface area contributed by atoms with E-state index in [0.29, 0.717) is 11.3 Å². The number of benzene rings is 2. The average molecular weight is 327 g/mol. The number of rotatable bonds is 5. The van der Waals surface area contributed by atoms with Crippen LogP contribution in [-0.2, 0) is 10.0 Å². The molecule has 0 N–H and O–H groups in total. The fourth-order valence-electron chi connectivity index (χ4n) is 3.13. The maximum atomic E-state index is 13.1. The van der Waals surface area contributed by atoms with Gasteiger partial charge in [-0.05, 0) is 37.5 Å². The quantitative estimate of drug-likeness (QED) is 0.776. The molecule has 4 heteroatoms. The van der Waals surface area contributed by atoms with Gasteiger partial charge < -0.3 is 0 Å². The highest BCUT2D eigenvalue weighted by Crippen LogP contribution is 2.44. The molecular formula is C19H21NO2S. The summed E-state index contributed by atoms with van der Waals surface area (Å²) in [5.74, 6) is 0. The van der Waals surface area contributed by atoms with Crippen LogP contribution in [0.25, 0.3) is 0 Å². The summed E-state index contributed by atoms with van der Waals surface area (Å²) in [6, 6.07) is 16.8. The van der Waals surface area contributed by atoms with Crippen LogP contribution >= 0.6 is 0 Å². The number of hydrogen-bond acceptors (Lipinski definition) is 2. The lowest BCUT2D eigenvalue weighted by Crippen LogP contribution is -2.52. The van der Waals surface area contributed by atoms with E-state index in [1.165, 1.54) is 0 Å². The first kappa shape index (κ1) is 16.0. The molecule has 1 saturated heterocycles. The topological polar surface area (TPSA) is 37.4 Å². The van der Waals surface area contributed by atoms with Gasteiger partial charge in [-0.25, -0.2) is 8.42 Å². The molecule has 23 heavy (non-hydrogen) atoms. The van der Waals surface area contributed by atoms with Crippen molar-refractivity contribution in [3.05, 3.63) is 78.4 Å². The summed E-state index contributed by atoms with van der Waals surface area (Å²) < 4.78 is 27.8. The Balaban J connectivity index is 1.97. The predicted molar refractivity (Wildman–Crippen MR) is 92.6 cm³/mol. The minimum atomic E-state index is -3.50. The molecule has 0 amide bonds. The van der Waals surface area contributed by atoms with Gasteiger partial charge in [0.05, 0.1) is 10.9 Å². The highest BCUT2D eigenvalue weighted by molar-refractivity contribution is 7.89. The molecule has 1 fully saturated rings. The molecular weight excluding hydrogens is 306 g/mol. The van der Waals surface area contributed by atoms with E-state index in [-0.39, 0.29) is 12.1 Å². The Morgan fingerprint density at radius 2 is 1.78 bits per heavy atom. The van der Waals surface area contributed by atoms with Gasteiger partial charge in [0.1, 0.15) is 0 Å². The van der Waals surface area contributed by atoms with E-state index in [0.717, 1.165) is 17.5 Å². The fraction of sp³-hybridized carbons (Fsp3) is 0.263. The Bertz CT molecular complexity index is 782. The van der Waals surface area contributed by atoms with Crippen molar-refractivity contribution < 1.29 is 8.42 Å². The summed E-state index contributed by atoms with van der Waals surface area (Å²) in [6.45, 7) is 5.71. The zero-order valence-electron chi connectivity index (χ0n) is 13.2. The Morgan fingerprint density at radius 1 is 1.13 bits per heavy atom. The lowest BCUT2D eigenvalue weighted by molar-refractivity contribution is 0.113. The van der Waals surface area contributed by atoms with Gasteiger partial charge in [-0.2, -0.15) is 4.31 Å². The minimum absolute atomic E-state index is 0.0102. The molecule has 3 rings (SSSR count). The number of nitrogens with zero attached hydrogens (tertiary/aromatic N) is 1. The summed E-state index contributed by atoms with van der Waals surface area (Å²) in [5.41, 5.74) is 2.10. The van der Waals surface area contributed by atoms with E-state index >= 15 is 0 Å². The van der Waals surface area contributed by atoms with Crippen LogP contribution in [-0.4, -0.2) is 18.8 Å². The van der Waals surface area contributed by atoms with E-state index < -0.39 is 10.0 Å². The lowest BCUT2D eigenvalue weighted by Gasteiger charge is -2.47. The van der Waals surface area contributed by atoms with Crippen LogP contribution in [0.1, 0.15) is 30.0 Å². The molecule has 0 saturated carbocycles. The lowest BCUT2D eigenvalue weighted by atomic mass is 9.89. The Hall–Kier alpha value is -1.91. The van der Waals surface area contributed by atoms with Gasteiger partial charge in [0, 0.05) is 6.04 Å². The van der Waals surface area contributed by atoms with Gasteiger partial charge in [0.2, 0.25) is 10.0 Å². The average Bonchev–Trinajstić information content (AvgIpc) is 2.52. The first-order chi connectivity index (χ1) is 11.0. The fourth-order valence-corrected chi connectivity index (χ4v) is 4.96. The normalized spacial score (nSPS) is 21.6. The number of aryl methyl sites for hydroxylation is 1.